The van der Waals surface area contributed by atoms with Crippen LogP contribution in [0.2, 0.25) is 0 Å². The highest BCUT2D eigenvalue weighted by Crippen LogP contribution is 2.44. The molecule has 5 heteroatoms. The number of hydrogen-bond acceptors (Lipinski definition) is 4. The van der Waals surface area contributed by atoms with Gasteiger partial charge in [0.1, 0.15) is 5.75 Å². The number of piperidine rings is 1. The summed E-state index contributed by atoms with van der Waals surface area (Å²) in [4.78, 5) is 14.8. The van der Waals surface area contributed by atoms with E-state index in [1.165, 1.54) is 17.7 Å². The van der Waals surface area contributed by atoms with E-state index in [4.69, 9.17) is 9.47 Å². The first-order valence-electron chi connectivity index (χ1n) is 9.37. The molecule has 2 fully saturated rings. The third-order valence-corrected chi connectivity index (χ3v) is 6.39. The zero-order chi connectivity index (χ0) is 17.7. The van der Waals surface area contributed by atoms with E-state index in [1.54, 1.807) is 13.2 Å². The monoisotopic (exact) mass is 352 g/mol. The first-order chi connectivity index (χ1) is 12.7. The van der Waals surface area contributed by atoms with Gasteiger partial charge in [0.2, 0.25) is 0 Å². The molecule has 0 unspecified atom stereocenters. The van der Waals surface area contributed by atoms with Crippen molar-refractivity contribution >= 4 is 0 Å². The molecule has 2 bridgehead atoms. The number of ether oxygens (including phenoxy) is 2. The number of rotatable bonds is 3. The summed E-state index contributed by atoms with van der Waals surface area (Å²) in [6.45, 7) is 4.31. The Labute approximate surface area is 153 Å². The van der Waals surface area contributed by atoms with Gasteiger partial charge in [0.05, 0.1) is 25.9 Å². The normalized spacial score (nSPS) is 26.7. The highest BCUT2D eigenvalue weighted by Gasteiger charge is 2.49. The number of aromatic nitrogens is 1. The molecule has 2 aromatic rings. The van der Waals surface area contributed by atoms with Crippen LogP contribution in [0.25, 0.3) is 0 Å². The van der Waals surface area contributed by atoms with Crippen LogP contribution in [-0.2, 0) is 16.8 Å². The fourth-order valence-electron chi connectivity index (χ4n) is 4.97. The molecule has 26 heavy (non-hydrogen) atoms. The number of nitrogens with zero attached hydrogens (tertiary/aromatic N) is 2. The smallest absolute Gasteiger partial charge is 0.250 e. The van der Waals surface area contributed by atoms with Crippen LogP contribution in [0.1, 0.15) is 23.6 Å². The second-order valence-electron chi connectivity index (χ2n) is 7.86. The van der Waals surface area contributed by atoms with Crippen molar-refractivity contribution in [1.82, 2.24) is 9.47 Å². The Morgan fingerprint density at radius 3 is 2.58 bits per heavy atom. The Kier molecular flexibility index (Phi) is 3.69. The van der Waals surface area contributed by atoms with E-state index in [1.807, 2.05) is 22.8 Å². The van der Waals surface area contributed by atoms with E-state index >= 15 is 0 Å². The van der Waals surface area contributed by atoms with Crippen molar-refractivity contribution in [3.05, 3.63) is 64.1 Å². The molecular weight excluding hydrogens is 328 g/mol. The summed E-state index contributed by atoms with van der Waals surface area (Å²) < 4.78 is 13.0. The van der Waals surface area contributed by atoms with Crippen LogP contribution in [0.3, 0.4) is 0 Å². The predicted molar refractivity (Wildman–Crippen MR) is 98.6 cm³/mol. The van der Waals surface area contributed by atoms with Gasteiger partial charge in [0.15, 0.2) is 0 Å². The molecule has 0 saturated carbocycles. The van der Waals surface area contributed by atoms with Gasteiger partial charge in [0.25, 0.3) is 5.56 Å². The summed E-state index contributed by atoms with van der Waals surface area (Å²) in [5, 5.41) is 0. The van der Waals surface area contributed by atoms with E-state index in [-0.39, 0.29) is 11.1 Å². The third kappa shape index (κ3) is 2.34. The Morgan fingerprint density at radius 2 is 1.88 bits per heavy atom. The lowest BCUT2D eigenvalue weighted by Gasteiger charge is -2.55. The third-order valence-electron chi connectivity index (χ3n) is 6.39. The van der Waals surface area contributed by atoms with Crippen molar-refractivity contribution < 1.29 is 9.47 Å². The molecule has 4 heterocycles. The Balaban J connectivity index is 1.48. The van der Waals surface area contributed by atoms with Gasteiger partial charge in [-0.05, 0) is 36.1 Å². The zero-order valence-corrected chi connectivity index (χ0v) is 15.1. The summed E-state index contributed by atoms with van der Waals surface area (Å²) >= 11 is 0. The Hall–Kier alpha value is -2.11. The maximum atomic E-state index is 12.2. The molecule has 5 rings (SSSR count). The topological polar surface area (TPSA) is 43.7 Å². The summed E-state index contributed by atoms with van der Waals surface area (Å²) in [5.41, 5.74) is 2.60. The molecule has 1 aromatic heterocycles. The van der Waals surface area contributed by atoms with Gasteiger partial charge in [-0.1, -0.05) is 18.2 Å². The molecule has 0 aliphatic carbocycles. The molecule has 3 aliphatic heterocycles. The average molecular weight is 352 g/mol. The van der Waals surface area contributed by atoms with Crippen molar-refractivity contribution in [2.45, 2.75) is 24.4 Å². The van der Waals surface area contributed by atoms with E-state index in [0.29, 0.717) is 11.8 Å². The maximum absolute atomic E-state index is 12.2. The lowest BCUT2D eigenvalue weighted by atomic mass is 9.77. The van der Waals surface area contributed by atoms with Crippen molar-refractivity contribution in [2.24, 2.45) is 5.92 Å². The zero-order valence-electron chi connectivity index (χ0n) is 15.1. The number of methoxy groups -OCH3 is 1. The minimum atomic E-state index is -0.0412. The molecule has 5 nitrogen and oxygen atoms in total. The number of likely N-dealkylation sites (tertiary alicyclic amines) is 1. The second kappa shape index (κ2) is 5.96. The van der Waals surface area contributed by atoms with Crippen molar-refractivity contribution in [3.8, 4) is 5.75 Å². The van der Waals surface area contributed by atoms with Gasteiger partial charge < -0.3 is 14.0 Å². The fourth-order valence-corrected chi connectivity index (χ4v) is 4.97. The second-order valence-corrected chi connectivity index (χ2v) is 7.86. The Morgan fingerprint density at radius 1 is 1.08 bits per heavy atom. The molecule has 3 aliphatic rings. The van der Waals surface area contributed by atoms with Gasteiger partial charge in [-0.2, -0.15) is 0 Å². The minimum absolute atomic E-state index is 0.0412. The lowest BCUT2D eigenvalue weighted by molar-refractivity contribution is -0.161. The quantitative estimate of drug-likeness (QED) is 0.849. The van der Waals surface area contributed by atoms with Gasteiger partial charge in [-0.25, -0.2) is 0 Å². The fraction of sp³-hybridized carbons (Fsp3) is 0.476. The molecule has 0 amide bonds. The van der Waals surface area contributed by atoms with Gasteiger partial charge in [-0.3, -0.25) is 9.69 Å². The summed E-state index contributed by atoms with van der Waals surface area (Å²) in [5.74, 6) is 1.83. The maximum Gasteiger partial charge on any atom is 0.250 e. The average Bonchev–Trinajstić information content (AvgIpc) is 2.62. The first-order valence-corrected chi connectivity index (χ1v) is 9.37. The molecule has 0 radical (unpaired) electrons. The van der Waals surface area contributed by atoms with E-state index < -0.39 is 0 Å². The van der Waals surface area contributed by atoms with E-state index in [9.17, 15) is 4.79 Å². The number of pyridine rings is 1. The van der Waals surface area contributed by atoms with Gasteiger partial charge >= 0.3 is 0 Å². The Bertz CT molecular complexity index is 870. The molecule has 1 aromatic carbocycles. The molecule has 2 atom stereocenters. The van der Waals surface area contributed by atoms with E-state index in [0.717, 1.165) is 38.6 Å². The van der Waals surface area contributed by atoms with Crippen LogP contribution in [0.4, 0.5) is 0 Å². The molecular formula is C21H24N2O3. The van der Waals surface area contributed by atoms with Gasteiger partial charge in [-0.15, -0.1) is 0 Å². The number of hydrogen-bond donors (Lipinski definition) is 0. The van der Waals surface area contributed by atoms with Crippen LogP contribution in [0.5, 0.6) is 5.75 Å². The van der Waals surface area contributed by atoms with E-state index in [2.05, 4.69) is 23.1 Å². The number of benzene rings is 1. The van der Waals surface area contributed by atoms with Crippen LogP contribution in [-0.4, -0.2) is 42.9 Å². The van der Waals surface area contributed by atoms with Crippen molar-refractivity contribution in [3.63, 3.8) is 0 Å². The SMILES string of the molecule is COc1ccc(C2(N3C[C@H]4C[C@@H](C3)c3cccc(=O)n3C4)COC2)cc1. The summed E-state index contributed by atoms with van der Waals surface area (Å²) in [6, 6.07) is 14.1. The molecule has 0 spiro atoms. The molecule has 136 valence electrons. The predicted octanol–water partition coefficient (Wildman–Crippen LogP) is 2.20. The van der Waals surface area contributed by atoms with Crippen LogP contribution < -0.4 is 10.3 Å². The first kappa shape index (κ1) is 16.1. The lowest BCUT2D eigenvalue weighted by Crippen LogP contribution is -2.63. The van der Waals surface area contributed by atoms with Crippen LogP contribution in [0, 0.1) is 5.92 Å². The van der Waals surface area contributed by atoms with Crippen molar-refractivity contribution in [1.29, 1.82) is 0 Å². The summed E-state index contributed by atoms with van der Waals surface area (Å²) in [6.07, 6.45) is 1.18. The minimum Gasteiger partial charge on any atom is -0.497 e. The van der Waals surface area contributed by atoms with Crippen LogP contribution >= 0.6 is 0 Å². The number of fused-ring (bicyclic) bond motifs is 4. The molecule has 2 saturated heterocycles. The highest BCUT2D eigenvalue weighted by atomic mass is 16.5. The van der Waals surface area contributed by atoms with Crippen molar-refractivity contribution in [2.75, 3.05) is 33.4 Å². The molecule has 0 N–H and O–H groups in total. The largest absolute Gasteiger partial charge is 0.497 e. The summed E-state index contributed by atoms with van der Waals surface area (Å²) in [7, 11) is 1.70. The highest BCUT2D eigenvalue weighted by molar-refractivity contribution is 5.34. The van der Waals surface area contributed by atoms with Crippen LogP contribution in [0.15, 0.2) is 47.3 Å². The van der Waals surface area contributed by atoms with Gasteiger partial charge in [0, 0.05) is 37.3 Å². The standard InChI is InChI=1S/C21H24N2O3/c1-25-18-7-5-17(6-8-18)21(13-26-14-21)22-10-15-9-16(12-22)19-3-2-4-20(24)23(19)11-15/h2-8,15-16H,9-14H2,1H3/t15-,16+/m1/s1.